The lowest BCUT2D eigenvalue weighted by Gasteiger charge is -2.43. The molecule has 0 unspecified atom stereocenters. The number of rotatable bonds is 3. The molecule has 6 heteroatoms. The molecule has 0 radical (unpaired) electrons. The van der Waals surface area contributed by atoms with Gasteiger partial charge >= 0.3 is 0 Å². The topological polar surface area (TPSA) is 35.8 Å². The van der Waals surface area contributed by atoms with E-state index in [1.54, 1.807) is 0 Å². The Morgan fingerprint density at radius 1 is 0.844 bits per heavy atom. The molecule has 4 aromatic rings. The van der Waals surface area contributed by atoms with E-state index in [9.17, 15) is 0 Å². The lowest BCUT2D eigenvalue weighted by atomic mass is 10.0. The number of aromatic nitrogens is 1. The summed E-state index contributed by atoms with van der Waals surface area (Å²) in [6, 6.07) is 17.1. The molecule has 2 fully saturated rings. The first kappa shape index (κ1) is 19.9. The number of pyridine rings is 1. The van der Waals surface area contributed by atoms with E-state index in [-0.39, 0.29) is 0 Å². The molecule has 0 amide bonds. The van der Waals surface area contributed by atoms with Crippen molar-refractivity contribution in [1.29, 1.82) is 0 Å². The van der Waals surface area contributed by atoms with E-state index in [0.717, 1.165) is 60.8 Å². The van der Waals surface area contributed by atoms with Gasteiger partial charge in [-0.25, -0.2) is 0 Å². The molecule has 5 nitrogen and oxygen atoms in total. The Kier molecular flexibility index (Phi) is 5.16. The summed E-state index contributed by atoms with van der Waals surface area (Å²) in [5.74, 6) is 0. The smallest absolute Gasteiger partial charge is 0.136 e. The van der Waals surface area contributed by atoms with E-state index in [1.807, 2.05) is 36.7 Å². The lowest BCUT2D eigenvalue weighted by molar-refractivity contribution is 0.160. The van der Waals surface area contributed by atoms with Crippen LogP contribution in [0.4, 0.5) is 11.4 Å². The normalized spacial score (nSPS) is 18.7. The maximum Gasteiger partial charge on any atom is 0.136 e. The summed E-state index contributed by atoms with van der Waals surface area (Å²) in [5.41, 5.74) is 4.43. The number of piperazine rings is 1. The highest BCUT2D eigenvalue weighted by atomic mass is 35.5. The van der Waals surface area contributed by atoms with E-state index in [1.165, 1.54) is 29.6 Å². The summed E-state index contributed by atoms with van der Waals surface area (Å²) in [4.78, 5) is 12.3. The van der Waals surface area contributed by atoms with E-state index >= 15 is 0 Å². The summed E-state index contributed by atoms with van der Waals surface area (Å²) < 4.78 is 5.76. The monoisotopic (exact) mass is 446 g/mol. The molecule has 0 N–H and O–H groups in total. The van der Waals surface area contributed by atoms with Crippen molar-refractivity contribution in [2.45, 2.75) is 18.9 Å². The van der Waals surface area contributed by atoms with Crippen molar-refractivity contribution in [3.05, 3.63) is 66.0 Å². The number of para-hydroxylation sites is 1. The van der Waals surface area contributed by atoms with Crippen molar-refractivity contribution in [3.63, 3.8) is 0 Å². The standard InChI is InChI=1S/C26H27ClN4O/c27-20-16-19-4-3-9-28-26(19)23(17-20)30-10-7-21(8-11-30)29-12-14-31(15-13-29)24-18-32-25-6-2-1-5-22(24)25/h1-6,9,16-18,21H,7-8,10-15H2. The molecule has 0 spiro atoms. The first-order valence-electron chi connectivity index (χ1n) is 11.5. The van der Waals surface area contributed by atoms with Gasteiger partial charge < -0.3 is 14.2 Å². The minimum Gasteiger partial charge on any atom is -0.462 e. The van der Waals surface area contributed by atoms with Gasteiger partial charge in [0, 0.05) is 67.3 Å². The fourth-order valence-electron chi connectivity index (χ4n) is 5.39. The Labute approximate surface area is 193 Å². The largest absolute Gasteiger partial charge is 0.462 e. The number of hydrogen-bond donors (Lipinski definition) is 0. The Bertz CT molecular complexity index is 1240. The highest BCUT2D eigenvalue weighted by molar-refractivity contribution is 6.31. The second kappa shape index (κ2) is 8.30. The van der Waals surface area contributed by atoms with Crippen molar-refractivity contribution in [1.82, 2.24) is 9.88 Å². The van der Waals surface area contributed by atoms with Crippen LogP contribution in [-0.4, -0.2) is 55.2 Å². The minimum absolute atomic E-state index is 0.646. The summed E-state index contributed by atoms with van der Waals surface area (Å²) in [6.07, 6.45) is 6.14. The number of fused-ring (bicyclic) bond motifs is 2. The zero-order chi connectivity index (χ0) is 21.5. The number of piperidine rings is 1. The van der Waals surface area contributed by atoms with Gasteiger partial charge in [-0.1, -0.05) is 29.8 Å². The maximum atomic E-state index is 6.41. The van der Waals surface area contributed by atoms with Crippen molar-refractivity contribution in [3.8, 4) is 0 Å². The molecule has 32 heavy (non-hydrogen) atoms. The van der Waals surface area contributed by atoms with Crippen LogP contribution in [0.2, 0.25) is 5.02 Å². The van der Waals surface area contributed by atoms with Crippen LogP contribution in [0.15, 0.2) is 65.4 Å². The molecule has 4 heterocycles. The zero-order valence-electron chi connectivity index (χ0n) is 18.1. The number of halogens is 1. The second-order valence-corrected chi connectivity index (χ2v) is 9.29. The van der Waals surface area contributed by atoms with Crippen LogP contribution in [0.5, 0.6) is 0 Å². The van der Waals surface area contributed by atoms with Crippen LogP contribution in [0.25, 0.3) is 21.9 Å². The predicted molar refractivity (Wildman–Crippen MR) is 132 cm³/mol. The SMILES string of the molecule is Clc1cc(N2CCC(N3CCN(c4coc5ccccc45)CC3)CC2)c2ncccc2c1. The molecule has 6 rings (SSSR count). The van der Waals surface area contributed by atoms with E-state index < -0.39 is 0 Å². The van der Waals surface area contributed by atoms with Crippen LogP contribution < -0.4 is 9.80 Å². The van der Waals surface area contributed by atoms with Gasteiger partial charge in [0.05, 0.1) is 16.9 Å². The Morgan fingerprint density at radius 3 is 2.47 bits per heavy atom. The van der Waals surface area contributed by atoms with Crippen molar-refractivity contribution < 1.29 is 4.42 Å². The average molecular weight is 447 g/mol. The highest BCUT2D eigenvalue weighted by Gasteiger charge is 2.29. The van der Waals surface area contributed by atoms with E-state index in [4.69, 9.17) is 16.0 Å². The molecule has 2 aliphatic heterocycles. The van der Waals surface area contributed by atoms with Crippen LogP contribution in [-0.2, 0) is 0 Å². The van der Waals surface area contributed by atoms with Gasteiger partial charge in [0.1, 0.15) is 11.8 Å². The molecule has 0 atom stereocenters. The van der Waals surface area contributed by atoms with Gasteiger partial charge in [-0.05, 0) is 43.2 Å². The Morgan fingerprint density at radius 2 is 1.62 bits per heavy atom. The van der Waals surface area contributed by atoms with Gasteiger partial charge in [0.15, 0.2) is 0 Å². The summed E-state index contributed by atoms with van der Waals surface area (Å²) in [7, 11) is 0. The van der Waals surface area contributed by atoms with Gasteiger partial charge in [0.25, 0.3) is 0 Å². The molecular weight excluding hydrogens is 420 g/mol. The lowest BCUT2D eigenvalue weighted by Crippen LogP contribution is -2.53. The van der Waals surface area contributed by atoms with Crippen molar-refractivity contribution in [2.24, 2.45) is 0 Å². The quantitative estimate of drug-likeness (QED) is 0.419. The molecule has 0 aliphatic carbocycles. The maximum absolute atomic E-state index is 6.41. The van der Waals surface area contributed by atoms with Crippen LogP contribution >= 0.6 is 11.6 Å². The second-order valence-electron chi connectivity index (χ2n) is 8.86. The fraction of sp³-hybridized carbons (Fsp3) is 0.346. The molecule has 0 bridgehead atoms. The Hall–Kier alpha value is -2.76. The number of nitrogens with zero attached hydrogens (tertiary/aromatic N) is 4. The zero-order valence-corrected chi connectivity index (χ0v) is 18.8. The Balaban J connectivity index is 1.10. The molecule has 2 aromatic heterocycles. The number of anilines is 2. The number of furan rings is 1. The minimum atomic E-state index is 0.646. The van der Waals surface area contributed by atoms with E-state index in [2.05, 4.69) is 43.9 Å². The number of hydrogen-bond acceptors (Lipinski definition) is 5. The van der Waals surface area contributed by atoms with Gasteiger partial charge in [-0.3, -0.25) is 9.88 Å². The van der Waals surface area contributed by atoms with Crippen LogP contribution in [0.3, 0.4) is 0 Å². The van der Waals surface area contributed by atoms with Gasteiger partial charge in [0.2, 0.25) is 0 Å². The average Bonchev–Trinajstić information content (AvgIpc) is 3.28. The third-order valence-electron chi connectivity index (χ3n) is 7.09. The van der Waals surface area contributed by atoms with Gasteiger partial charge in [-0.15, -0.1) is 0 Å². The highest BCUT2D eigenvalue weighted by Crippen LogP contribution is 2.33. The van der Waals surface area contributed by atoms with E-state index in [0.29, 0.717) is 6.04 Å². The summed E-state index contributed by atoms with van der Waals surface area (Å²) in [6.45, 7) is 6.39. The molecule has 2 saturated heterocycles. The molecular formula is C26H27ClN4O. The predicted octanol–water partition coefficient (Wildman–Crippen LogP) is 5.43. The van der Waals surface area contributed by atoms with Crippen molar-refractivity contribution >= 4 is 44.8 Å². The van der Waals surface area contributed by atoms with Crippen LogP contribution in [0.1, 0.15) is 12.8 Å². The molecule has 164 valence electrons. The summed E-state index contributed by atoms with van der Waals surface area (Å²) >= 11 is 6.41. The third-order valence-corrected chi connectivity index (χ3v) is 7.30. The fourth-order valence-corrected chi connectivity index (χ4v) is 5.61. The molecule has 0 saturated carbocycles. The first-order valence-corrected chi connectivity index (χ1v) is 11.9. The third kappa shape index (κ3) is 3.59. The summed E-state index contributed by atoms with van der Waals surface area (Å²) in [5, 5.41) is 3.11. The molecule has 2 aliphatic rings. The first-order chi connectivity index (χ1) is 15.8. The molecule has 2 aromatic carbocycles. The number of benzene rings is 2. The van der Waals surface area contributed by atoms with Crippen LogP contribution in [0, 0.1) is 0 Å². The van der Waals surface area contributed by atoms with Crippen molar-refractivity contribution in [2.75, 3.05) is 49.1 Å². The van der Waals surface area contributed by atoms with Gasteiger partial charge in [-0.2, -0.15) is 0 Å².